The molecular weight excluding hydrogens is 735 g/mol. The number of carbonyl (C=O) groups is 1. The van der Waals surface area contributed by atoms with Crippen LogP contribution in [-0.4, -0.2) is 36.4 Å². The first-order valence-corrected chi connectivity index (χ1v) is 20.5. The van der Waals surface area contributed by atoms with Gasteiger partial charge in [0.05, 0.1) is 40.0 Å². The first-order chi connectivity index (χ1) is 26.6. The monoisotopic (exact) mass is 771 g/mol. The van der Waals surface area contributed by atoms with Gasteiger partial charge in [-0.1, -0.05) is 90.5 Å². The second-order valence-electron chi connectivity index (χ2n) is 13.4. The molecule has 6 aromatic rings. The van der Waals surface area contributed by atoms with Crippen LogP contribution in [0.1, 0.15) is 44.6 Å². The predicted octanol–water partition coefficient (Wildman–Crippen LogP) is 8.08. The summed E-state index contributed by atoms with van der Waals surface area (Å²) < 4.78 is 73.6. The van der Waals surface area contributed by atoms with Crippen molar-refractivity contribution in [1.82, 2.24) is 0 Å². The average molecular weight is 772 g/mol. The molecule has 2 aliphatic rings. The third kappa shape index (κ3) is 6.57. The summed E-state index contributed by atoms with van der Waals surface area (Å²) in [4.78, 5) is 13.8. The molecule has 0 bridgehead atoms. The van der Waals surface area contributed by atoms with Crippen LogP contribution in [0.5, 0.6) is 11.5 Å². The predicted molar refractivity (Wildman–Crippen MR) is 212 cm³/mol. The molecule has 1 amide bonds. The fourth-order valence-corrected chi connectivity index (χ4v) is 10.5. The van der Waals surface area contributed by atoms with E-state index in [0.717, 1.165) is 11.1 Å². The second-order valence-corrected chi connectivity index (χ2v) is 17.1. The minimum absolute atomic E-state index is 0.0691. The van der Waals surface area contributed by atoms with Crippen molar-refractivity contribution < 1.29 is 31.1 Å². The Morgan fingerprint density at radius 2 is 1.35 bits per heavy atom. The molecule has 0 unspecified atom stereocenters. The van der Waals surface area contributed by atoms with Crippen LogP contribution in [0.15, 0.2) is 155 Å². The van der Waals surface area contributed by atoms with Crippen molar-refractivity contribution >= 4 is 43.0 Å². The molecule has 12 heteroatoms. The van der Waals surface area contributed by atoms with E-state index in [-0.39, 0.29) is 28.7 Å². The lowest BCUT2D eigenvalue weighted by Gasteiger charge is -2.40. The third-order valence-corrected chi connectivity index (χ3v) is 13.6. The van der Waals surface area contributed by atoms with Crippen LogP contribution in [0.2, 0.25) is 0 Å². The molecule has 0 fully saturated rings. The number of anilines is 3. The highest BCUT2D eigenvalue weighted by Crippen LogP contribution is 2.58. The van der Waals surface area contributed by atoms with Gasteiger partial charge >= 0.3 is 0 Å². The maximum Gasteiger partial charge on any atom is 0.264 e. The Morgan fingerprint density at radius 3 is 2.02 bits per heavy atom. The number of nitrogens with one attached hydrogen (secondary N) is 1. The van der Waals surface area contributed by atoms with Crippen molar-refractivity contribution in [1.29, 1.82) is 0 Å². The summed E-state index contributed by atoms with van der Waals surface area (Å²) in [5.74, 6) is -0.432. The van der Waals surface area contributed by atoms with Gasteiger partial charge in [0, 0.05) is 35.7 Å². The quantitative estimate of drug-likeness (QED) is 0.150. The molecule has 2 heterocycles. The summed E-state index contributed by atoms with van der Waals surface area (Å²) in [6.45, 7) is 1.91. The first-order valence-electron chi connectivity index (χ1n) is 17.6. The maximum absolute atomic E-state index is 14.9. The number of carbonyl (C=O) groups excluding carboxylic acids is 1. The van der Waals surface area contributed by atoms with Gasteiger partial charge in [0.15, 0.2) is 0 Å². The van der Waals surface area contributed by atoms with Crippen LogP contribution in [0.25, 0.3) is 0 Å². The SMILES string of the molecule is COc1ccc2c(c1)N(S(=O)(=O)c1ccc(C)cc1)C[C@@H]1c3cc(NC(=O)c4ccccc4)c(OCc4ccccc4)cc3N(S(=O)(=O)c3ccccc3)[C@H]21. The van der Waals surface area contributed by atoms with E-state index in [1.807, 2.05) is 43.3 Å². The van der Waals surface area contributed by atoms with Crippen molar-refractivity contribution in [3.8, 4) is 11.5 Å². The number of sulfonamides is 2. The highest BCUT2D eigenvalue weighted by Gasteiger charge is 2.52. The Kier molecular flexibility index (Phi) is 9.32. The number of hydrogen-bond acceptors (Lipinski definition) is 7. The molecular formula is C43H37N3O7S2. The molecule has 10 nitrogen and oxygen atoms in total. The van der Waals surface area contributed by atoms with Crippen LogP contribution in [0, 0.1) is 6.92 Å². The topological polar surface area (TPSA) is 122 Å². The fourth-order valence-electron chi connectivity index (χ4n) is 7.28. The zero-order valence-electron chi connectivity index (χ0n) is 30.0. The van der Waals surface area contributed by atoms with Crippen LogP contribution in [0.4, 0.5) is 17.1 Å². The molecule has 1 N–H and O–H groups in total. The van der Waals surface area contributed by atoms with Gasteiger partial charge in [0.25, 0.3) is 26.0 Å². The second kappa shape index (κ2) is 14.3. The summed E-state index contributed by atoms with van der Waals surface area (Å²) in [5.41, 5.74) is 4.13. The van der Waals surface area contributed by atoms with E-state index in [4.69, 9.17) is 9.47 Å². The molecule has 55 heavy (non-hydrogen) atoms. The number of rotatable bonds is 10. The summed E-state index contributed by atoms with van der Waals surface area (Å²) in [6, 6.07) is 40.5. The summed E-state index contributed by atoms with van der Waals surface area (Å²) in [7, 11) is -6.93. The van der Waals surface area contributed by atoms with Crippen LogP contribution < -0.4 is 23.4 Å². The van der Waals surface area contributed by atoms with Gasteiger partial charge in [-0.25, -0.2) is 16.8 Å². The smallest absolute Gasteiger partial charge is 0.264 e. The molecule has 278 valence electrons. The van der Waals surface area contributed by atoms with Crippen LogP contribution in [-0.2, 0) is 26.7 Å². The number of nitrogens with zero attached hydrogens (tertiary/aromatic N) is 2. The van der Waals surface area contributed by atoms with Crippen molar-refractivity contribution in [2.45, 2.75) is 35.3 Å². The van der Waals surface area contributed by atoms with Crippen molar-refractivity contribution in [2.75, 3.05) is 27.6 Å². The van der Waals surface area contributed by atoms with Crippen molar-refractivity contribution in [3.63, 3.8) is 0 Å². The summed E-state index contributed by atoms with van der Waals surface area (Å²) in [6.07, 6.45) is 0. The standard InChI is InChI=1S/C43H37N3O7S2/c1-29-18-21-34(22-19-29)54(48,49)45-27-37-36-25-38(44-43(47)31-14-8-4-9-15-31)41(53-28-30-12-6-3-7-13-30)26-40(36)46(55(50,51)33-16-10-5-11-17-33)42(37)35-23-20-32(52-2)24-39(35)45/h3-26,37,42H,27-28H2,1-2H3,(H,44,47)/t37-,42-/m1/s1. The average Bonchev–Trinajstić information content (AvgIpc) is 3.54. The number of aryl methyl sites for hydroxylation is 1. The molecule has 0 saturated carbocycles. The van der Waals surface area contributed by atoms with Gasteiger partial charge in [-0.15, -0.1) is 0 Å². The Morgan fingerprint density at radius 1 is 0.709 bits per heavy atom. The van der Waals surface area contributed by atoms with E-state index in [1.165, 1.54) is 27.9 Å². The molecule has 2 aliphatic heterocycles. The van der Waals surface area contributed by atoms with Crippen molar-refractivity contribution in [3.05, 3.63) is 173 Å². The van der Waals surface area contributed by atoms with E-state index in [1.54, 1.807) is 97.1 Å². The van der Waals surface area contributed by atoms with E-state index in [2.05, 4.69) is 5.32 Å². The van der Waals surface area contributed by atoms with Gasteiger partial charge in [-0.05, 0) is 66.6 Å². The normalized spacial score (nSPS) is 16.1. The minimum atomic E-state index is -4.26. The van der Waals surface area contributed by atoms with Gasteiger partial charge in [0.2, 0.25) is 0 Å². The van der Waals surface area contributed by atoms with Gasteiger partial charge < -0.3 is 14.8 Å². The molecule has 0 aromatic heterocycles. The Balaban J connectivity index is 1.34. The molecule has 2 atom stereocenters. The number of hydrogen-bond donors (Lipinski definition) is 1. The first kappa shape index (κ1) is 35.9. The number of fused-ring (bicyclic) bond motifs is 5. The zero-order valence-corrected chi connectivity index (χ0v) is 31.6. The van der Waals surface area contributed by atoms with E-state index < -0.39 is 37.9 Å². The number of ether oxygens (including phenoxy) is 2. The lowest BCUT2D eigenvalue weighted by molar-refractivity contribution is 0.102. The highest BCUT2D eigenvalue weighted by atomic mass is 32.2. The number of methoxy groups -OCH3 is 1. The highest BCUT2D eigenvalue weighted by molar-refractivity contribution is 7.93. The molecule has 0 saturated heterocycles. The van der Waals surface area contributed by atoms with Gasteiger partial charge in [0.1, 0.15) is 18.1 Å². The molecule has 0 spiro atoms. The van der Waals surface area contributed by atoms with Gasteiger partial charge in [-0.3, -0.25) is 13.4 Å². The molecule has 0 aliphatic carbocycles. The maximum atomic E-state index is 14.9. The van der Waals surface area contributed by atoms with E-state index >= 15 is 0 Å². The lowest BCUT2D eigenvalue weighted by Crippen LogP contribution is -2.44. The Labute approximate surface area is 320 Å². The van der Waals surface area contributed by atoms with Crippen LogP contribution >= 0.6 is 0 Å². The van der Waals surface area contributed by atoms with Crippen molar-refractivity contribution in [2.24, 2.45) is 0 Å². The summed E-state index contributed by atoms with van der Waals surface area (Å²) >= 11 is 0. The number of benzene rings is 6. The van der Waals surface area contributed by atoms with E-state index in [0.29, 0.717) is 39.5 Å². The minimum Gasteiger partial charge on any atom is -0.497 e. The molecule has 0 radical (unpaired) electrons. The van der Waals surface area contributed by atoms with Gasteiger partial charge in [-0.2, -0.15) is 0 Å². The zero-order chi connectivity index (χ0) is 38.3. The third-order valence-electron chi connectivity index (χ3n) is 10.0. The largest absolute Gasteiger partial charge is 0.497 e. The lowest BCUT2D eigenvalue weighted by atomic mass is 9.86. The fraction of sp³-hybridized carbons (Fsp3) is 0.140. The molecule has 8 rings (SSSR count). The summed E-state index contributed by atoms with van der Waals surface area (Å²) in [5, 5.41) is 3.00. The Bertz CT molecular complexity index is 2610. The van der Waals surface area contributed by atoms with E-state index in [9.17, 15) is 21.6 Å². The Hall–Kier alpha value is -6.11. The molecule has 6 aromatic carbocycles. The number of amides is 1. The van der Waals surface area contributed by atoms with Crippen LogP contribution in [0.3, 0.4) is 0 Å².